The van der Waals surface area contributed by atoms with Crippen LogP contribution in [0.4, 0.5) is 0 Å². The minimum Gasteiger partial charge on any atom is -0.457 e. The zero-order valence-corrected chi connectivity index (χ0v) is 9.83. The van der Waals surface area contributed by atoms with Gasteiger partial charge in [0.1, 0.15) is 12.2 Å². The van der Waals surface area contributed by atoms with E-state index in [0.717, 1.165) is 13.0 Å². The van der Waals surface area contributed by atoms with Crippen molar-refractivity contribution >= 4 is 17.7 Å². The van der Waals surface area contributed by atoms with E-state index in [1.807, 2.05) is 0 Å². The number of rotatable bonds is 4. The summed E-state index contributed by atoms with van der Waals surface area (Å²) in [6.45, 7) is 5.79. The Labute approximate surface area is 95.8 Å². The Morgan fingerprint density at radius 2 is 1.88 bits per heavy atom. The van der Waals surface area contributed by atoms with Gasteiger partial charge >= 0.3 is 11.9 Å². The molecule has 0 aromatic carbocycles. The Morgan fingerprint density at radius 3 is 2.31 bits per heavy atom. The summed E-state index contributed by atoms with van der Waals surface area (Å²) in [5.41, 5.74) is -0.687. The van der Waals surface area contributed by atoms with Crippen molar-refractivity contribution in [2.75, 3.05) is 6.61 Å². The lowest BCUT2D eigenvalue weighted by Crippen LogP contribution is -2.22. The first kappa shape index (κ1) is 12.4. The Hall–Kier alpha value is -1.65. The average molecular weight is 229 g/mol. The van der Waals surface area contributed by atoms with Gasteiger partial charge in [0.15, 0.2) is 0 Å². The molecular weight excluding hydrogens is 212 g/mol. The second-order valence-corrected chi connectivity index (χ2v) is 4.01. The van der Waals surface area contributed by atoms with Crippen LogP contribution in [0, 0.1) is 0 Å². The highest BCUT2D eigenvalue weighted by Crippen LogP contribution is 2.06. The van der Waals surface area contributed by atoms with Gasteiger partial charge in [0.05, 0.1) is 1.37 Å². The number of esters is 2. The highest BCUT2D eigenvalue weighted by atomic mass is 16.6. The van der Waals surface area contributed by atoms with Crippen LogP contribution in [0.3, 0.4) is 0 Å². The Kier molecular flexibility index (Phi) is 4.69. The molecule has 0 aliphatic carbocycles. The monoisotopic (exact) mass is 229 g/mol. The lowest BCUT2D eigenvalue weighted by atomic mass is 10.2. The molecule has 0 radical (unpaired) electrons. The highest BCUT2D eigenvalue weighted by Gasteiger charge is 2.13. The van der Waals surface area contributed by atoms with Gasteiger partial charge < -0.3 is 9.47 Å². The van der Waals surface area contributed by atoms with Crippen LogP contribution >= 0.6 is 0 Å². The van der Waals surface area contributed by atoms with Crippen LogP contribution < -0.4 is 0 Å². The molecule has 90 valence electrons. The van der Waals surface area contributed by atoms with Crippen molar-refractivity contribution in [1.29, 1.82) is 0 Å². The van der Waals surface area contributed by atoms with Gasteiger partial charge in [-0.25, -0.2) is 9.59 Å². The molecule has 16 heavy (non-hydrogen) atoms. The number of carbonyl (C=O) groups excluding carboxylic acids is 3. The van der Waals surface area contributed by atoms with Gasteiger partial charge in [0, 0.05) is 13.0 Å². The normalized spacial score (nSPS) is 12.8. The van der Waals surface area contributed by atoms with Gasteiger partial charge in [0.2, 0.25) is 5.78 Å². The molecule has 0 aliphatic rings. The van der Waals surface area contributed by atoms with Crippen LogP contribution in [-0.4, -0.2) is 29.9 Å². The third kappa shape index (κ3) is 7.73. The first-order valence-electron chi connectivity index (χ1n) is 5.21. The van der Waals surface area contributed by atoms with E-state index in [4.69, 9.17) is 6.11 Å². The molecule has 0 aromatic rings. The fourth-order valence-corrected chi connectivity index (χ4v) is 0.652. The minimum absolute atomic E-state index is 0.309. The van der Waals surface area contributed by atoms with Gasteiger partial charge in [-0.3, -0.25) is 4.79 Å². The molecular formula is C11H16O5. The molecule has 0 N–H and O–H groups in total. The molecule has 0 unspecified atom stereocenters. The Bertz CT molecular complexity index is 351. The van der Waals surface area contributed by atoms with E-state index in [0.29, 0.717) is 0 Å². The molecule has 0 bridgehead atoms. The SMILES string of the molecule is [2H]/C(=C/COC(=O)C(C)=O)C(=O)OC(C)(C)C. The van der Waals surface area contributed by atoms with E-state index in [9.17, 15) is 14.4 Å². The molecule has 0 atom stereocenters. The summed E-state index contributed by atoms with van der Waals surface area (Å²) in [5.74, 6) is -2.54. The van der Waals surface area contributed by atoms with E-state index in [1.54, 1.807) is 20.8 Å². The van der Waals surface area contributed by atoms with Crippen LogP contribution in [-0.2, 0) is 23.9 Å². The average Bonchev–Trinajstić information content (AvgIpc) is 2.14. The van der Waals surface area contributed by atoms with Crippen molar-refractivity contribution in [3.05, 3.63) is 12.1 Å². The minimum atomic E-state index is -1.00. The zero-order valence-electron chi connectivity index (χ0n) is 10.8. The molecule has 5 nitrogen and oxygen atoms in total. The van der Waals surface area contributed by atoms with Crippen molar-refractivity contribution in [3.8, 4) is 0 Å². The summed E-state index contributed by atoms with van der Waals surface area (Å²) in [5, 5.41) is 0. The quantitative estimate of drug-likeness (QED) is 0.409. The molecule has 0 saturated heterocycles. The van der Waals surface area contributed by atoms with Crippen molar-refractivity contribution < 1.29 is 25.2 Å². The number of ketones is 1. The Balaban J connectivity index is 4.23. The summed E-state index contributed by atoms with van der Waals surface area (Å²) in [4.78, 5) is 32.5. The summed E-state index contributed by atoms with van der Waals surface area (Å²) in [7, 11) is 0. The van der Waals surface area contributed by atoms with Gasteiger partial charge in [0.25, 0.3) is 0 Å². The second-order valence-electron chi connectivity index (χ2n) is 4.01. The van der Waals surface area contributed by atoms with Crippen molar-refractivity contribution in [1.82, 2.24) is 0 Å². The molecule has 5 heteroatoms. The lowest BCUT2D eigenvalue weighted by Gasteiger charge is -2.17. The first-order chi connectivity index (χ1) is 7.63. The van der Waals surface area contributed by atoms with E-state index < -0.39 is 29.4 Å². The standard InChI is InChI=1S/C11H16O5/c1-8(12)10(14)15-7-5-6-9(13)16-11(2,3)4/h5-6H,7H2,1-4H3/b6-5-/i6D. The number of ether oxygens (including phenoxy) is 2. The molecule has 0 rings (SSSR count). The van der Waals surface area contributed by atoms with Crippen molar-refractivity contribution in [2.45, 2.75) is 33.3 Å². The van der Waals surface area contributed by atoms with Gasteiger partial charge in [-0.05, 0) is 26.8 Å². The first-order valence-corrected chi connectivity index (χ1v) is 4.71. The maximum Gasteiger partial charge on any atom is 0.374 e. The van der Waals surface area contributed by atoms with Gasteiger partial charge in [-0.15, -0.1) is 0 Å². The van der Waals surface area contributed by atoms with Gasteiger partial charge in [-0.2, -0.15) is 0 Å². The van der Waals surface area contributed by atoms with Crippen LogP contribution in [0.1, 0.15) is 29.1 Å². The van der Waals surface area contributed by atoms with Crippen LogP contribution in [0.5, 0.6) is 0 Å². The topological polar surface area (TPSA) is 69.7 Å². The van der Waals surface area contributed by atoms with Crippen LogP contribution in [0.15, 0.2) is 12.1 Å². The molecule has 0 aliphatic heterocycles. The van der Waals surface area contributed by atoms with Gasteiger partial charge in [-0.1, -0.05) is 0 Å². The summed E-state index contributed by atoms with van der Waals surface area (Å²) < 4.78 is 16.7. The van der Waals surface area contributed by atoms with Crippen LogP contribution in [0.25, 0.3) is 0 Å². The summed E-state index contributed by atoms with van der Waals surface area (Å²) in [6.07, 6.45) is 1.06. The second kappa shape index (κ2) is 6.05. The molecule has 0 heterocycles. The third-order valence-corrected chi connectivity index (χ3v) is 1.20. The fourth-order valence-electron chi connectivity index (χ4n) is 0.652. The van der Waals surface area contributed by atoms with Crippen molar-refractivity contribution in [3.63, 3.8) is 0 Å². The van der Waals surface area contributed by atoms with Crippen molar-refractivity contribution in [2.24, 2.45) is 0 Å². The predicted molar refractivity (Wildman–Crippen MR) is 56.6 cm³/mol. The molecule has 0 spiro atoms. The molecule has 0 fully saturated rings. The van der Waals surface area contributed by atoms with E-state index in [-0.39, 0.29) is 6.61 Å². The molecule has 0 amide bonds. The number of hydrogen-bond donors (Lipinski definition) is 0. The van der Waals surface area contributed by atoms with Crippen LogP contribution in [0.2, 0.25) is 0 Å². The molecule has 0 saturated carbocycles. The number of carbonyl (C=O) groups is 3. The zero-order chi connectivity index (χ0) is 13.6. The van der Waals surface area contributed by atoms with E-state index in [1.165, 1.54) is 0 Å². The molecule has 0 aromatic heterocycles. The van der Waals surface area contributed by atoms with E-state index in [2.05, 4.69) is 4.74 Å². The fraction of sp³-hybridized carbons (Fsp3) is 0.545. The summed E-state index contributed by atoms with van der Waals surface area (Å²) >= 11 is 0. The third-order valence-electron chi connectivity index (χ3n) is 1.20. The summed E-state index contributed by atoms with van der Waals surface area (Å²) in [6, 6.07) is -0.420. The van der Waals surface area contributed by atoms with E-state index >= 15 is 0 Å². The number of hydrogen-bond acceptors (Lipinski definition) is 5. The predicted octanol–water partition coefficient (Wildman–Crippen LogP) is 1.02. The largest absolute Gasteiger partial charge is 0.457 e. The maximum atomic E-state index is 11.3. The highest BCUT2D eigenvalue weighted by molar-refractivity contribution is 6.32. The lowest BCUT2D eigenvalue weighted by molar-refractivity contribution is -0.152. The number of Topliss-reactive ketones (excluding diaryl/α,β-unsaturated/α-hetero) is 1. The maximum absolute atomic E-state index is 11.3. The smallest absolute Gasteiger partial charge is 0.374 e. The Morgan fingerprint density at radius 1 is 1.31 bits per heavy atom.